The highest BCUT2D eigenvalue weighted by Gasteiger charge is 2.11. The number of methoxy groups -OCH3 is 1. The average molecular weight is 378 g/mol. The number of hydrogen-bond acceptors (Lipinski definition) is 7. The van der Waals surface area contributed by atoms with Gasteiger partial charge in [-0.25, -0.2) is 4.98 Å². The van der Waals surface area contributed by atoms with Gasteiger partial charge >= 0.3 is 0 Å². The maximum absolute atomic E-state index is 9.14. The molecule has 0 saturated carbocycles. The molecule has 2 N–H and O–H groups in total. The van der Waals surface area contributed by atoms with E-state index in [1.165, 1.54) is 11.3 Å². The lowest BCUT2D eigenvalue weighted by molar-refractivity contribution is 0.277. The molecule has 2 aromatic carbocycles. The molecule has 0 fully saturated rings. The van der Waals surface area contributed by atoms with E-state index in [0.29, 0.717) is 18.1 Å². The molecule has 0 unspecified atom stereocenters. The van der Waals surface area contributed by atoms with E-state index in [9.17, 15) is 0 Å². The van der Waals surface area contributed by atoms with Gasteiger partial charge in [0, 0.05) is 21.7 Å². The Morgan fingerprint density at radius 3 is 2.52 bits per heavy atom. The number of aliphatic hydroxyl groups is 1. The van der Waals surface area contributed by atoms with E-state index in [1.54, 1.807) is 7.11 Å². The maximum atomic E-state index is 9.14. The number of rotatable bonds is 6. The summed E-state index contributed by atoms with van der Waals surface area (Å²) in [7, 11) is 1.65. The van der Waals surface area contributed by atoms with E-state index in [-0.39, 0.29) is 6.61 Å². The maximum Gasteiger partial charge on any atom is 0.156 e. The zero-order valence-electron chi connectivity index (χ0n) is 14.7. The van der Waals surface area contributed by atoms with Crippen LogP contribution in [0, 0.1) is 0 Å². The number of benzene rings is 2. The number of nitrogens with zero attached hydrogens (tertiary/aromatic N) is 3. The van der Waals surface area contributed by atoms with Crippen molar-refractivity contribution >= 4 is 27.9 Å². The first-order valence-corrected chi connectivity index (χ1v) is 9.34. The Labute approximate surface area is 160 Å². The Morgan fingerprint density at radius 1 is 1.04 bits per heavy atom. The van der Waals surface area contributed by atoms with Crippen molar-refractivity contribution in [2.45, 2.75) is 13.2 Å². The predicted molar refractivity (Wildman–Crippen MR) is 107 cm³/mol. The van der Waals surface area contributed by atoms with Crippen LogP contribution < -0.4 is 10.1 Å². The molecular formula is C20H18N4O2S. The van der Waals surface area contributed by atoms with Crippen LogP contribution >= 0.6 is 11.3 Å². The van der Waals surface area contributed by atoms with Gasteiger partial charge in [0.1, 0.15) is 16.5 Å². The Hall–Kier alpha value is -3.03. The van der Waals surface area contributed by atoms with Gasteiger partial charge in [0.25, 0.3) is 0 Å². The summed E-state index contributed by atoms with van der Waals surface area (Å²) >= 11 is 1.51. The monoisotopic (exact) mass is 378 g/mol. The first-order chi connectivity index (χ1) is 13.3. The van der Waals surface area contributed by atoms with Crippen LogP contribution in [0.15, 0.2) is 53.9 Å². The van der Waals surface area contributed by atoms with Crippen LogP contribution in [0.5, 0.6) is 5.75 Å². The highest BCUT2D eigenvalue weighted by molar-refractivity contribution is 7.09. The molecular weight excluding hydrogens is 360 g/mol. The van der Waals surface area contributed by atoms with Gasteiger partial charge in [-0.3, -0.25) is 0 Å². The second kappa shape index (κ2) is 7.69. The zero-order valence-corrected chi connectivity index (χ0v) is 15.5. The van der Waals surface area contributed by atoms with Crippen molar-refractivity contribution in [2.75, 3.05) is 12.4 Å². The van der Waals surface area contributed by atoms with Crippen LogP contribution in [-0.4, -0.2) is 27.4 Å². The summed E-state index contributed by atoms with van der Waals surface area (Å²) in [5, 5.41) is 26.1. The third kappa shape index (κ3) is 3.60. The molecule has 2 heterocycles. The first-order valence-electron chi connectivity index (χ1n) is 8.46. The van der Waals surface area contributed by atoms with Crippen molar-refractivity contribution in [1.82, 2.24) is 15.2 Å². The first kappa shape index (κ1) is 17.4. The molecule has 0 spiro atoms. The minimum absolute atomic E-state index is 0.0458. The summed E-state index contributed by atoms with van der Waals surface area (Å²) in [6, 6.07) is 15.8. The fourth-order valence-corrected chi connectivity index (χ4v) is 3.58. The van der Waals surface area contributed by atoms with Gasteiger partial charge in [0.15, 0.2) is 5.82 Å². The highest BCUT2D eigenvalue weighted by Crippen LogP contribution is 2.30. The fraction of sp³-hybridized carbons (Fsp3) is 0.150. The molecule has 136 valence electrons. The quantitative estimate of drug-likeness (QED) is 0.530. The number of thiazole rings is 1. The lowest BCUT2D eigenvalue weighted by atomic mass is 10.0. The Morgan fingerprint density at radius 2 is 1.81 bits per heavy atom. The molecule has 0 radical (unpaired) electrons. The number of aliphatic hydroxyl groups excluding tert-OH is 1. The number of fused-ring (bicyclic) bond motifs is 1. The van der Waals surface area contributed by atoms with Gasteiger partial charge in [-0.1, -0.05) is 24.3 Å². The Bertz CT molecular complexity index is 1060. The van der Waals surface area contributed by atoms with Crippen molar-refractivity contribution in [1.29, 1.82) is 0 Å². The van der Waals surface area contributed by atoms with E-state index < -0.39 is 0 Å². The van der Waals surface area contributed by atoms with E-state index in [2.05, 4.69) is 20.5 Å². The van der Waals surface area contributed by atoms with Crippen molar-refractivity contribution in [3.8, 4) is 17.0 Å². The van der Waals surface area contributed by atoms with Crippen LogP contribution in [-0.2, 0) is 13.2 Å². The van der Waals surface area contributed by atoms with E-state index >= 15 is 0 Å². The molecule has 0 aliphatic rings. The molecule has 0 saturated heterocycles. The number of nitrogens with one attached hydrogen (secondary N) is 1. The normalized spacial score (nSPS) is 10.9. The standard InChI is InChI=1S/C20H18N4O2S/c1-26-15-8-6-13(7-9-15)19-16-4-2-3-5-17(16)20(24-23-19)21-10-18-22-14(11-25)12-27-18/h2-9,12,25H,10-11H2,1H3,(H,21,24). The molecule has 0 aliphatic heterocycles. The number of anilines is 1. The molecule has 27 heavy (non-hydrogen) atoms. The van der Waals surface area contributed by atoms with Crippen molar-refractivity contribution < 1.29 is 9.84 Å². The molecule has 6 nitrogen and oxygen atoms in total. The smallest absolute Gasteiger partial charge is 0.156 e. The molecule has 0 bridgehead atoms. The second-order valence-electron chi connectivity index (χ2n) is 5.92. The minimum Gasteiger partial charge on any atom is -0.497 e. The number of ether oxygens (including phenoxy) is 1. The third-order valence-electron chi connectivity index (χ3n) is 4.22. The van der Waals surface area contributed by atoms with Crippen LogP contribution in [0.3, 0.4) is 0 Å². The zero-order chi connectivity index (χ0) is 18.6. The topological polar surface area (TPSA) is 80.2 Å². The van der Waals surface area contributed by atoms with Gasteiger partial charge in [-0.05, 0) is 24.3 Å². The van der Waals surface area contributed by atoms with E-state index in [4.69, 9.17) is 9.84 Å². The highest BCUT2D eigenvalue weighted by atomic mass is 32.1. The molecule has 0 aliphatic carbocycles. The summed E-state index contributed by atoms with van der Waals surface area (Å²) in [4.78, 5) is 4.35. The molecule has 0 atom stereocenters. The lowest BCUT2D eigenvalue weighted by Gasteiger charge is -2.11. The second-order valence-corrected chi connectivity index (χ2v) is 6.86. The SMILES string of the molecule is COc1ccc(-c2nnc(NCc3nc(CO)cs3)c3ccccc23)cc1. The Balaban J connectivity index is 1.67. The number of aromatic nitrogens is 3. The molecule has 2 aromatic heterocycles. The molecule has 7 heteroatoms. The summed E-state index contributed by atoms with van der Waals surface area (Å²) in [6.07, 6.45) is 0. The van der Waals surface area contributed by atoms with Crippen LogP contribution in [0.4, 0.5) is 5.82 Å². The van der Waals surface area contributed by atoms with Crippen molar-refractivity contribution in [2.24, 2.45) is 0 Å². The predicted octanol–water partition coefficient (Wildman–Crippen LogP) is 3.87. The summed E-state index contributed by atoms with van der Waals surface area (Å²) in [5.74, 6) is 1.52. The fourth-order valence-electron chi connectivity index (χ4n) is 2.86. The molecule has 0 amide bonds. The van der Waals surface area contributed by atoms with Gasteiger partial charge < -0.3 is 15.2 Å². The van der Waals surface area contributed by atoms with Gasteiger partial charge in [-0.2, -0.15) is 0 Å². The van der Waals surface area contributed by atoms with Gasteiger partial charge in [-0.15, -0.1) is 21.5 Å². The number of hydrogen-bond donors (Lipinski definition) is 2. The lowest BCUT2D eigenvalue weighted by Crippen LogP contribution is -2.04. The Kier molecular flexibility index (Phi) is 4.95. The van der Waals surface area contributed by atoms with Crippen LogP contribution in [0.2, 0.25) is 0 Å². The van der Waals surface area contributed by atoms with Crippen molar-refractivity contribution in [3.05, 3.63) is 64.6 Å². The van der Waals surface area contributed by atoms with Gasteiger partial charge in [0.05, 0.1) is 26.0 Å². The minimum atomic E-state index is -0.0458. The van der Waals surface area contributed by atoms with Crippen molar-refractivity contribution in [3.63, 3.8) is 0 Å². The van der Waals surface area contributed by atoms with Gasteiger partial charge in [0.2, 0.25) is 0 Å². The molecule has 4 rings (SSSR count). The summed E-state index contributed by atoms with van der Waals surface area (Å²) < 4.78 is 5.23. The summed E-state index contributed by atoms with van der Waals surface area (Å²) in [5.41, 5.74) is 2.50. The molecule has 4 aromatic rings. The average Bonchev–Trinajstić information content (AvgIpc) is 3.20. The van der Waals surface area contributed by atoms with E-state index in [0.717, 1.165) is 32.8 Å². The van der Waals surface area contributed by atoms with E-state index in [1.807, 2.05) is 53.9 Å². The third-order valence-corrected chi connectivity index (χ3v) is 5.12. The van der Waals surface area contributed by atoms with Crippen LogP contribution in [0.25, 0.3) is 22.0 Å². The summed E-state index contributed by atoms with van der Waals surface area (Å²) in [6.45, 7) is 0.487. The largest absolute Gasteiger partial charge is 0.497 e. The van der Waals surface area contributed by atoms with Crippen LogP contribution in [0.1, 0.15) is 10.7 Å².